The van der Waals surface area contributed by atoms with Crippen molar-refractivity contribution < 1.29 is 0 Å². The quantitative estimate of drug-likeness (QED) is 0.183. The van der Waals surface area contributed by atoms with Gasteiger partial charge >= 0.3 is 0 Å². The van der Waals surface area contributed by atoms with E-state index in [2.05, 4.69) is 156 Å². The number of benzene rings is 7. The number of aromatic nitrogens is 1. The number of rotatable bonds is 1. The van der Waals surface area contributed by atoms with Crippen molar-refractivity contribution >= 4 is 53.3 Å². The zero-order valence-corrected chi connectivity index (χ0v) is 24.6. The van der Waals surface area contributed by atoms with Crippen molar-refractivity contribution in [2.75, 3.05) is 0 Å². The summed E-state index contributed by atoms with van der Waals surface area (Å²) in [5.74, 6) is 0. The van der Waals surface area contributed by atoms with Crippen LogP contribution in [0.3, 0.4) is 0 Å². The van der Waals surface area contributed by atoms with Gasteiger partial charge in [-0.15, -0.1) is 11.3 Å². The molecule has 2 aromatic heterocycles. The Hall–Kier alpha value is -5.44. The molecule has 1 aliphatic rings. The Bertz CT molecular complexity index is 2610. The summed E-state index contributed by atoms with van der Waals surface area (Å²) in [5, 5.41) is 5.25. The minimum Gasteiger partial charge on any atom is -0.309 e. The largest absolute Gasteiger partial charge is 0.309 e. The Morgan fingerprint density at radius 3 is 1.50 bits per heavy atom. The molecule has 0 atom stereocenters. The average molecular weight is 576 g/mol. The topological polar surface area (TPSA) is 4.93 Å². The number of hydrogen-bond donors (Lipinski definition) is 0. The second kappa shape index (κ2) is 9.03. The standard InChI is InChI=1S/C42H25NS/c1-2-12-28-27(11-1)29-13-3-4-15-31(29)33-22-21-26(23-36(33)32-16-6-5-14-30(28)32)43-39-19-9-7-17-34(39)37-24-38-35-18-8-10-20-41(35)44-42(38)25-40(37)43/h1-25H. The third kappa shape index (κ3) is 3.29. The molecule has 0 radical (unpaired) electrons. The van der Waals surface area contributed by atoms with Gasteiger partial charge in [0.05, 0.1) is 11.0 Å². The zero-order chi connectivity index (χ0) is 28.8. The zero-order valence-electron chi connectivity index (χ0n) is 23.8. The number of para-hydroxylation sites is 1. The van der Waals surface area contributed by atoms with Crippen LogP contribution in [0.5, 0.6) is 0 Å². The molecule has 0 fully saturated rings. The Labute approximate surface area is 258 Å². The van der Waals surface area contributed by atoms with E-state index >= 15 is 0 Å². The van der Waals surface area contributed by atoms with Crippen LogP contribution in [0.1, 0.15) is 0 Å². The molecule has 9 aromatic rings. The van der Waals surface area contributed by atoms with Gasteiger partial charge in [0.15, 0.2) is 0 Å². The number of nitrogens with zero attached hydrogens (tertiary/aromatic N) is 1. The minimum absolute atomic E-state index is 1.18. The van der Waals surface area contributed by atoms with Crippen LogP contribution in [0.4, 0.5) is 0 Å². The summed E-state index contributed by atoms with van der Waals surface area (Å²) in [6.07, 6.45) is 0. The maximum atomic E-state index is 2.47. The predicted octanol–water partition coefficient (Wildman–Crippen LogP) is 12.1. The van der Waals surface area contributed by atoms with Gasteiger partial charge in [-0.2, -0.15) is 0 Å². The summed E-state index contributed by atoms with van der Waals surface area (Å²) in [7, 11) is 0. The SMILES string of the molecule is c1ccc2c(c1)-c1ccccc1-c1ccc(-n3c4ccccc4c4cc5c(cc43)sc3ccccc35)cc1-c1ccccc1-2. The average Bonchev–Trinajstić information content (AvgIpc) is 3.61. The highest BCUT2D eigenvalue weighted by molar-refractivity contribution is 7.25. The van der Waals surface area contributed by atoms with Crippen LogP contribution < -0.4 is 0 Å². The lowest BCUT2D eigenvalue weighted by atomic mass is 9.81. The number of hydrogen-bond acceptors (Lipinski definition) is 1. The van der Waals surface area contributed by atoms with Crippen molar-refractivity contribution in [2.24, 2.45) is 0 Å². The molecule has 0 N–H and O–H groups in total. The maximum absolute atomic E-state index is 2.47. The molecule has 0 unspecified atom stereocenters. The fourth-order valence-corrected chi connectivity index (χ4v) is 8.57. The molecular weight excluding hydrogens is 551 g/mol. The van der Waals surface area contributed by atoms with Gasteiger partial charge < -0.3 is 4.57 Å². The van der Waals surface area contributed by atoms with Gasteiger partial charge in [0.2, 0.25) is 0 Å². The first-order chi connectivity index (χ1) is 21.8. The second-order valence-electron chi connectivity index (χ2n) is 11.7. The van der Waals surface area contributed by atoms with Crippen molar-refractivity contribution in [3.8, 4) is 50.2 Å². The first-order valence-corrected chi connectivity index (χ1v) is 15.9. The molecule has 2 heterocycles. The summed E-state index contributed by atoms with van der Waals surface area (Å²) in [6, 6.07) is 56.1. The Morgan fingerprint density at radius 1 is 0.318 bits per heavy atom. The molecule has 2 heteroatoms. The molecule has 0 saturated carbocycles. The molecule has 1 nitrogen and oxygen atoms in total. The van der Waals surface area contributed by atoms with E-state index in [1.807, 2.05) is 11.3 Å². The lowest BCUT2D eigenvalue weighted by Gasteiger charge is -2.23. The number of thiophene rings is 1. The van der Waals surface area contributed by atoms with Gasteiger partial charge in [-0.05, 0) is 80.9 Å². The van der Waals surface area contributed by atoms with E-state index in [1.165, 1.54) is 92.2 Å². The maximum Gasteiger partial charge on any atom is 0.0555 e. The first-order valence-electron chi connectivity index (χ1n) is 15.1. The molecule has 0 amide bonds. The third-order valence-corrected chi connectivity index (χ3v) is 10.5. The van der Waals surface area contributed by atoms with E-state index in [0.29, 0.717) is 0 Å². The Balaban J connectivity index is 1.31. The summed E-state index contributed by atoms with van der Waals surface area (Å²) in [6.45, 7) is 0. The van der Waals surface area contributed by atoms with Crippen molar-refractivity contribution in [3.63, 3.8) is 0 Å². The van der Waals surface area contributed by atoms with Crippen LogP contribution in [0.15, 0.2) is 152 Å². The van der Waals surface area contributed by atoms with Gasteiger partial charge in [0, 0.05) is 36.6 Å². The van der Waals surface area contributed by atoms with Crippen molar-refractivity contribution in [2.45, 2.75) is 0 Å². The molecule has 0 spiro atoms. The highest BCUT2D eigenvalue weighted by Crippen LogP contribution is 2.48. The normalized spacial score (nSPS) is 12.1. The van der Waals surface area contributed by atoms with Crippen molar-refractivity contribution in [1.29, 1.82) is 0 Å². The molecular formula is C42H25NS. The summed E-state index contributed by atoms with van der Waals surface area (Å²) in [5.41, 5.74) is 13.8. The summed E-state index contributed by atoms with van der Waals surface area (Å²) in [4.78, 5) is 0. The second-order valence-corrected chi connectivity index (χ2v) is 12.8. The fraction of sp³-hybridized carbons (Fsp3) is 0. The van der Waals surface area contributed by atoms with E-state index in [1.54, 1.807) is 0 Å². The third-order valence-electron chi connectivity index (χ3n) is 9.37. The molecule has 204 valence electrons. The van der Waals surface area contributed by atoms with E-state index in [-0.39, 0.29) is 0 Å². The molecule has 7 aromatic carbocycles. The molecule has 0 bridgehead atoms. The fourth-order valence-electron chi connectivity index (χ4n) is 7.45. The van der Waals surface area contributed by atoms with Crippen LogP contribution in [0.2, 0.25) is 0 Å². The highest BCUT2D eigenvalue weighted by Gasteiger charge is 2.23. The van der Waals surface area contributed by atoms with E-state index in [0.717, 1.165) is 0 Å². The minimum atomic E-state index is 1.18. The van der Waals surface area contributed by atoms with Crippen LogP contribution >= 0.6 is 11.3 Å². The van der Waals surface area contributed by atoms with Gasteiger partial charge in [0.25, 0.3) is 0 Å². The molecule has 0 aliphatic heterocycles. The lowest BCUT2D eigenvalue weighted by molar-refractivity contribution is 1.18. The molecule has 44 heavy (non-hydrogen) atoms. The van der Waals surface area contributed by atoms with Crippen LogP contribution in [0.25, 0.3) is 92.2 Å². The summed E-state index contributed by atoms with van der Waals surface area (Å²) >= 11 is 1.88. The van der Waals surface area contributed by atoms with E-state index in [9.17, 15) is 0 Å². The predicted molar refractivity (Wildman–Crippen MR) is 189 cm³/mol. The van der Waals surface area contributed by atoms with Gasteiger partial charge in [-0.25, -0.2) is 0 Å². The lowest BCUT2D eigenvalue weighted by Crippen LogP contribution is -1.99. The van der Waals surface area contributed by atoms with E-state index in [4.69, 9.17) is 0 Å². The molecule has 0 saturated heterocycles. The molecule has 1 aliphatic carbocycles. The van der Waals surface area contributed by atoms with Crippen LogP contribution in [0, 0.1) is 0 Å². The van der Waals surface area contributed by atoms with Crippen molar-refractivity contribution in [1.82, 2.24) is 4.57 Å². The van der Waals surface area contributed by atoms with Crippen LogP contribution in [-0.2, 0) is 0 Å². The number of fused-ring (bicyclic) bond motifs is 14. The van der Waals surface area contributed by atoms with Gasteiger partial charge in [0.1, 0.15) is 0 Å². The highest BCUT2D eigenvalue weighted by atomic mass is 32.1. The molecule has 10 rings (SSSR count). The van der Waals surface area contributed by atoms with E-state index < -0.39 is 0 Å². The van der Waals surface area contributed by atoms with Crippen LogP contribution in [-0.4, -0.2) is 4.57 Å². The smallest absolute Gasteiger partial charge is 0.0555 e. The summed E-state index contributed by atoms with van der Waals surface area (Å²) < 4.78 is 5.13. The monoisotopic (exact) mass is 575 g/mol. The Kier molecular flexibility index (Phi) is 4.94. The first kappa shape index (κ1) is 24.0. The van der Waals surface area contributed by atoms with Gasteiger partial charge in [-0.3, -0.25) is 0 Å². The van der Waals surface area contributed by atoms with Gasteiger partial charge in [-0.1, -0.05) is 115 Å². The Morgan fingerprint density at radius 2 is 0.841 bits per heavy atom. The van der Waals surface area contributed by atoms with Crippen molar-refractivity contribution in [3.05, 3.63) is 152 Å².